The second-order valence-corrected chi connectivity index (χ2v) is 6.22. The summed E-state index contributed by atoms with van der Waals surface area (Å²) in [5.74, 6) is -0.392. The number of nitrogens with zero attached hydrogens (tertiary/aromatic N) is 3. The highest BCUT2D eigenvalue weighted by Crippen LogP contribution is 2.17. The van der Waals surface area contributed by atoms with Crippen molar-refractivity contribution in [3.05, 3.63) is 64.9 Å². The van der Waals surface area contributed by atoms with Gasteiger partial charge in [0.1, 0.15) is 0 Å². The van der Waals surface area contributed by atoms with Gasteiger partial charge in [-0.2, -0.15) is 9.90 Å². The number of carbonyl (C=O) groups excluding carboxylic acids is 2. The van der Waals surface area contributed by atoms with Crippen LogP contribution in [0.15, 0.2) is 48.5 Å². The lowest BCUT2D eigenvalue weighted by Gasteiger charge is -2.07. The second-order valence-electron chi connectivity index (χ2n) is 5.78. The van der Waals surface area contributed by atoms with Crippen LogP contribution in [0.25, 0.3) is 5.69 Å². The number of nitrogens with one attached hydrogen (secondary N) is 2. The Hall–Kier alpha value is -3.39. The van der Waals surface area contributed by atoms with E-state index in [-0.39, 0.29) is 12.3 Å². The SMILES string of the molecule is CCOC(=O)Nc1ccc(NC(=O)c2nn(-c3cccc(Cl)c3)nc2C)cc1. The highest BCUT2D eigenvalue weighted by atomic mass is 35.5. The van der Waals surface area contributed by atoms with Crippen LogP contribution in [0.5, 0.6) is 0 Å². The number of hydrogen-bond donors (Lipinski definition) is 2. The molecule has 1 heterocycles. The first-order valence-corrected chi connectivity index (χ1v) is 8.89. The van der Waals surface area contributed by atoms with Gasteiger partial charge in [-0.15, -0.1) is 5.10 Å². The minimum absolute atomic E-state index is 0.203. The maximum Gasteiger partial charge on any atom is 0.411 e. The molecule has 0 atom stereocenters. The average Bonchev–Trinajstić information content (AvgIpc) is 3.05. The number of carbonyl (C=O) groups is 2. The molecule has 0 fully saturated rings. The van der Waals surface area contributed by atoms with Gasteiger partial charge in [0.05, 0.1) is 18.0 Å². The third kappa shape index (κ3) is 4.66. The topological polar surface area (TPSA) is 98.1 Å². The Balaban J connectivity index is 1.70. The lowest BCUT2D eigenvalue weighted by Crippen LogP contribution is -2.15. The molecule has 0 saturated heterocycles. The largest absolute Gasteiger partial charge is 0.450 e. The van der Waals surface area contributed by atoms with E-state index in [0.29, 0.717) is 27.8 Å². The van der Waals surface area contributed by atoms with Crippen LogP contribution >= 0.6 is 11.6 Å². The molecule has 1 aromatic heterocycles. The van der Waals surface area contributed by atoms with Gasteiger partial charge in [-0.3, -0.25) is 10.1 Å². The van der Waals surface area contributed by atoms with Crippen molar-refractivity contribution in [3.8, 4) is 5.69 Å². The number of rotatable bonds is 5. The van der Waals surface area contributed by atoms with E-state index in [1.807, 2.05) is 0 Å². The maximum absolute atomic E-state index is 12.6. The molecule has 2 amide bonds. The summed E-state index contributed by atoms with van der Waals surface area (Å²) in [5, 5.41) is 14.4. The fraction of sp³-hybridized carbons (Fsp3) is 0.158. The molecular formula is C19H18ClN5O3. The molecule has 144 valence electrons. The fourth-order valence-corrected chi connectivity index (χ4v) is 2.60. The smallest absolute Gasteiger partial charge is 0.411 e. The molecule has 3 aromatic rings. The molecule has 0 bridgehead atoms. The molecule has 3 rings (SSSR count). The molecular weight excluding hydrogens is 382 g/mol. The van der Waals surface area contributed by atoms with Crippen molar-refractivity contribution in [3.63, 3.8) is 0 Å². The summed E-state index contributed by atoms with van der Waals surface area (Å²) in [4.78, 5) is 25.3. The van der Waals surface area contributed by atoms with E-state index < -0.39 is 12.0 Å². The van der Waals surface area contributed by atoms with Gasteiger partial charge >= 0.3 is 6.09 Å². The van der Waals surface area contributed by atoms with E-state index in [0.717, 1.165) is 0 Å². The normalized spacial score (nSPS) is 10.4. The van der Waals surface area contributed by atoms with Crippen LogP contribution < -0.4 is 10.6 Å². The Kier molecular flexibility index (Phi) is 5.90. The number of aryl methyl sites for hydroxylation is 1. The van der Waals surface area contributed by atoms with Gasteiger partial charge in [-0.25, -0.2) is 4.79 Å². The predicted molar refractivity (Wildman–Crippen MR) is 106 cm³/mol. The molecule has 0 radical (unpaired) electrons. The van der Waals surface area contributed by atoms with Crippen molar-refractivity contribution in [1.29, 1.82) is 0 Å². The van der Waals surface area contributed by atoms with Crippen molar-refractivity contribution in [2.45, 2.75) is 13.8 Å². The highest BCUT2D eigenvalue weighted by molar-refractivity contribution is 6.30. The van der Waals surface area contributed by atoms with Gasteiger partial charge in [0, 0.05) is 16.4 Å². The van der Waals surface area contributed by atoms with E-state index in [1.165, 1.54) is 4.80 Å². The zero-order chi connectivity index (χ0) is 20.1. The van der Waals surface area contributed by atoms with Gasteiger partial charge in [0.2, 0.25) is 0 Å². The number of benzene rings is 2. The lowest BCUT2D eigenvalue weighted by atomic mass is 10.2. The molecule has 28 heavy (non-hydrogen) atoms. The molecule has 9 heteroatoms. The minimum Gasteiger partial charge on any atom is -0.450 e. The van der Waals surface area contributed by atoms with Gasteiger partial charge in [0.15, 0.2) is 5.69 Å². The van der Waals surface area contributed by atoms with Crippen LogP contribution in [0.3, 0.4) is 0 Å². The van der Waals surface area contributed by atoms with E-state index >= 15 is 0 Å². The fourth-order valence-electron chi connectivity index (χ4n) is 2.42. The average molecular weight is 400 g/mol. The number of aromatic nitrogens is 3. The van der Waals surface area contributed by atoms with Gasteiger partial charge < -0.3 is 10.1 Å². The van der Waals surface area contributed by atoms with Gasteiger partial charge in [0.25, 0.3) is 5.91 Å². The van der Waals surface area contributed by atoms with E-state index in [4.69, 9.17) is 16.3 Å². The molecule has 0 aliphatic rings. The third-order valence-corrected chi connectivity index (χ3v) is 3.94. The van der Waals surface area contributed by atoms with Gasteiger partial charge in [-0.05, 0) is 56.3 Å². The Labute approximate surface area is 166 Å². The van der Waals surface area contributed by atoms with Crippen molar-refractivity contribution in [2.75, 3.05) is 17.2 Å². The monoisotopic (exact) mass is 399 g/mol. The summed E-state index contributed by atoms with van der Waals surface area (Å²) in [6, 6.07) is 13.7. The number of anilines is 2. The molecule has 0 saturated carbocycles. The Morgan fingerprint density at radius 1 is 1.07 bits per heavy atom. The first kappa shape index (κ1) is 19.4. The summed E-state index contributed by atoms with van der Waals surface area (Å²) < 4.78 is 4.81. The molecule has 0 aliphatic carbocycles. The Bertz CT molecular complexity index is 1000. The van der Waals surface area contributed by atoms with E-state index in [9.17, 15) is 9.59 Å². The molecule has 2 N–H and O–H groups in total. The zero-order valence-corrected chi connectivity index (χ0v) is 16.0. The summed E-state index contributed by atoms with van der Waals surface area (Å²) in [6.45, 7) is 3.72. The maximum atomic E-state index is 12.6. The zero-order valence-electron chi connectivity index (χ0n) is 15.3. The number of ether oxygens (including phenoxy) is 1. The van der Waals surface area contributed by atoms with Crippen LogP contribution in [0.1, 0.15) is 23.1 Å². The van der Waals surface area contributed by atoms with Crippen molar-refractivity contribution in [2.24, 2.45) is 0 Å². The predicted octanol–water partition coefficient (Wildman–Crippen LogP) is 4.05. The van der Waals surface area contributed by atoms with Gasteiger partial charge in [-0.1, -0.05) is 17.7 Å². The van der Waals surface area contributed by atoms with Crippen molar-refractivity contribution >= 4 is 35.0 Å². The summed E-state index contributed by atoms with van der Waals surface area (Å²) in [7, 11) is 0. The van der Waals surface area contributed by atoms with Crippen molar-refractivity contribution in [1.82, 2.24) is 15.0 Å². The Morgan fingerprint density at radius 2 is 1.75 bits per heavy atom. The molecule has 0 spiro atoms. The summed E-state index contributed by atoms with van der Waals surface area (Å²) in [6.07, 6.45) is -0.535. The summed E-state index contributed by atoms with van der Waals surface area (Å²) >= 11 is 5.99. The van der Waals surface area contributed by atoms with Crippen LogP contribution in [0.4, 0.5) is 16.2 Å². The highest BCUT2D eigenvalue weighted by Gasteiger charge is 2.17. The number of hydrogen-bond acceptors (Lipinski definition) is 5. The standard InChI is InChI=1S/C19H18ClN5O3/c1-3-28-19(27)22-15-9-7-14(8-10-15)21-18(26)17-12(2)23-25(24-17)16-6-4-5-13(20)11-16/h4-11H,3H2,1-2H3,(H,21,26)(H,22,27). The van der Waals surface area contributed by atoms with E-state index in [2.05, 4.69) is 20.8 Å². The second kappa shape index (κ2) is 8.53. The number of halogens is 1. The van der Waals surface area contributed by atoms with Crippen LogP contribution in [0.2, 0.25) is 5.02 Å². The molecule has 2 aromatic carbocycles. The van der Waals surface area contributed by atoms with Crippen LogP contribution in [0, 0.1) is 6.92 Å². The quantitative estimate of drug-likeness (QED) is 0.674. The first-order chi connectivity index (χ1) is 13.5. The first-order valence-electron chi connectivity index (χ1n) is 8.51. The van der Waals surface area contributed by atoms with Crippen LogP contribution in [-0.2, 0) is 4.74 Å². The van der Waals surface area contributed by atoms with Crippen molar-refractivity contribution < 1.29 is 14.3 Å². The van der Waals surface area contributed by atoms with Crippen LogP contribution in [-0.4, -0.2) is 33.6 Å². The lowest BCUT2D eigenvalue weighted by molar-refractivity contribution is 0.102. The Morgan fingerprint density at radius 3 is 2.39 bits per heavy atom. The minimum atomic E-state index is -0.535. The molecule has 0 aliphatic heterocycles. The molecule has 0 unspecified atom stereocenters. The number of amides is 2. The van der Waals surface area contributed by atoms with E-state index in [1.54, 1.807) is 62.4 Å². The third-order valence-electron chi connectivity index (χ3n) is 3.70. The summed E-state index contributed by atoms with van der Waals surface area (Å²) in [5.41, 5.74) is 2.45. The molecule has 8 nitrogen and oxygen atoms in total.